The Hall–Kier alpha value is -0.320. The summed E-state index contributed by atoms with van der Waals surface area (Å²) in [4.78, 5) is 11.8. The second kappa shape index (κ2) is 11.5. The van der Waals surface area contributed by atoms with Crippen LogP contribution >= 0.6 is 12.4 Å². The SMILES string of the molecule is COCCCCNC(=O)CC(C)C1CCCNC1.Cl. The molecule has 1 heterocycles. The number of nitrogens with one attached hydrogen (secondary N) is 2. The third-order valence-corrected chi connectivity index (χ3v) is 3.74. The summed E-state index contributed by atoms with van der Waals surface area (Å²) in [6.45, 7) is 5.96. The maximum absolute atomic E-state index is 11.8. The summed E-state index contributed by atoms with van der Waals surface area (Å²) in [5.41, 5.74) is 0. The van der Waals surface area contributed by atoms with E-state index < -0.39 is 0 Å². The van der Waals surface area contributed by atoms with Gasteiger partial charge < -0.3 is 15.4 Å². The van der Waals surface area contributed by atoms with Crippen molar-refractivity contribution in [1.29, 1.82) is 0 Å². The fraction of sp³-hybridized carbons (Fsp3) is 0.929. The average Bonchev–Trinajstić information content (AvgIpc) is 2.39. The van der Waals surface area contributed by atoms with Gasteiger partial charge in [0.15, 0.2) is 0 Å². The second-order valence-electron chi connectivity index (χ2n) is 5.34. The molecule has 19 heavy (non-hydrogen) atoms. The van der Waals surface area contributed by atoms with Crippen molar-refractivity contribution in [2.75, 3.05) is 33.4 Å². The Balaban J connectivity index is 0.00000324. The highest BCUT2D eigenvalue weighted by Gasteiger charge is 2.21. The van der Waals surface area contributed by atoms with Crippen LogP contribution in [0.4, 0.5) is 0 Å². The van der Waals surface area contributed by atoms with Gasteiger partial charge in [-0.2, -0.15) is 0 Å². The molecule has 0 bridgehead atoms. The lowest BCUT2D eigenvalue weighted by molar-refractivity contribution is -0.122. The molecule has 1 aliphatic rings. The van der Waals surface area contributed by atoms with Gasteiger partial charge in [0.2, 0.25) is 5.91 Å². The molecule has 5 heteroatoms. The largest absolute Gasteiger partial charge is 0.385 e. The highest BCUT2D eigenvalue weighted by molar-refractivity contribution is 5.85. The van der Waals surface area contributed by atoms with E-state index in [4.69, 9.17) is 4.74 Å². The van der Waals surface area contributed by atoms with Crippen molar-refractivity contribution in [3.63, 3.8) is 0 Å². The maximum atomic E-state index is 11.8. The fourth-order valence-corrected chi connectivity index (χ4v) is 2.49. The van der Waals surface area contributed by atoms with Crippen LogP contribution in [0.1, 0.15) is 39.0 Å². The Morgan fingerprint density at radius 3 is 2.89 bits per heavy atom. The van der Waals surface area contributed by atoms with E-state index in [1.54, 1.807) is 7.11 Å². The van der Waals surface area contributed by atoms with Crippen LogP contribution in [0.5, 0.6) is 0 Å². The quantitative estimate of drug-likeness (QED) is 0.673. The molecule has 0 radical (unpaired) electrons. The molecule has 114 valence electrons. The molecule has 0 saturated carbocycles. The van der Waals surface area contributed by atoms with Crippen molar-refractivity contribution in [2.45, 2.75) is 39.0 Å². The van der Waals surface area contributed by atoms with Crippen LogP contribution in [0.15, 0.2) is 0 Å². The summed E-state index contributed by atoms with van der Waals surface area (Å²) in [5.74, 6) is 1.35. The predicted octanol–water partition coefficient (Wildman–Crippen LogP) is 1.98. The van der Waals surface area contributed by atoms with Gasteiger partial charge in [0, 0.05) is 26.7 Å². The van der Waals surface area contributed by atoms with Crippen molar-refractivity contribution >= 4 is 18.3 Å². The van der Waals surface area contributed by atoms with E-state index in [1.165, 1.54) is 12.8 Å². The van der Waals surface area contributed by atoms with Crippen LogP contribution in [-0.4, -0.2) is 39.3 Å². The Morgan fingerprint density at radius 2 is 2.26 bits per heavy atom. The number of ether oxygens (including phenoxy) is 1. The van der Waals surface area contributed by atoms with E-state index >= 15 is 0 Å². The summed E-state index contributed by atoms with van der Waals surface area (Å²) in [6, 6.07) is 0. The van der Waals surface area contributed by atoms with Crippen LogP contribution in [-0.2, 0) is 9.53 Å². The summed E-state index contributed by atoms with van der Waals surface area (Å²) in [7, 11) is 1.71. The van der Waals surface area contributed by atoms with Gasteiger partial charge in [-0.3, -0.25) is 4.79 Å². The van der Waals surface area contributed by atoms with E-state index in [2.05, 4.69) is 17.6 Å². The predicted molar refractivity (Wildman–Crippen MR) is 80.7 cm³/mol. The number of carbonyl (C=O) groups excluding carboxylic acids is 1. The summed E-state index contributed by atoms with van der Waals surface area (Å²) in [5, 5.41) is 6.41. The number of methoxy groups -OCH3 is 1. The first kappa shape index (κ1) is 18.7. The molecule has 1 rings (SSSR count). The van der Waals surface area contributed by atoms with Crippen molar-refractivity contribution in [3.8, 4) is 0 Å². The van der Waals surface area contributed by atoms with Crippen LogP contribution in [0.3, 0.4) is 0 Å². The molecule has 0 spiro atoms. The maximum Gasteiger partial charge on any atom is 0.220 e. The zero-order valence-corrected chi connectivity index (χ0v) is 13.1. The van der Waals surface area contributed by atoms with Gasteiger partial charge >= 0.3 is 0 Å². The Kier molecular flexibility index (Phi) is 11.3. The van der Waals surface area contributed by atoms with E-state index in [0.29, 0.717) is 18.3 Å². The van der Waals surface area contributed by atoms with Gasteiger partial charge in [0.05, 0.1) is 0 Å². The molecule has 2 unspecified atom stereocenters. The molecule has 0 aromatic rings. The average molecular weight is 293 g/mol. The monoisotopic (exact) mass is 292 g/mol. The molecule has 2 atom stereocenters. The fourth-order valence-electron chi connectivity index (χ4n) is 2.49. The van der Waals surface area contributed by atoms with Crippen LogP contribution in [0.2, 0.25) is 0 Å². The van der Waals surface area contributed by atoms with Crippen molar-refractivity contribution in [1.82, 2.24) is 10.6 Å². The summed E-state index contributed by atoms with van der Waals surface area (Å²) < 4.78 is 4.97. The van der Waals surface area contributed by atoms with Gasteiger partial charge in [-0.05, 0) is 50.6 Å². The molecule has 0 aromatic heterocycles. The Labute approximate surface area is 123 Å². The molecule has 2 N–H and O–H groups in total. The second-order valence-corrected chi connectivity index (χ2v) is 5.34. The smallest absolute Gasteiger partial charge is 0.220 e. The number of hydrogen-bond acceptors (Lipinski definition) is 3. The first-order chi connectivity index (χ1) is 8.74. The van der Waals surface area contributed by atoms with Crippen LogP contribution < -0.4 is 10.6 Å². The molecule has 1 saturated heterocycles. The molecular formula is C14H29ClN2O2. The third kappa shape index (κ3) is 8.45. The molecule has 0 aromatic carbocycles. The van der Waals surface area contributed by atoms with Crippen molar-refractivity contribution in [2.24, 2.45) is 11.8 Å². The molecule has 4 nitrogen and oxygen atoms in total. The van der Waals surface area contributed by atoms with E-state index in [9.17, 15) is 4.79 Å². The first-order valence-corrected chi connectivity index (χ1v) is 7.20. The van der Waals surface area contributed by atoms with E-state index in [0.717, 1.165) is 39.1 Å². The van der Waals surface area contributed by atoms with Crippen LogP contribution in [0.25, 0.3) is 0 Å². The summed E-state index contributed by atoms with van der Waals surface area (Å²) >= 11 is 0. The van der Waals surface area contributed by atoms with Gasteiger partial charge in [-0.25, -0.2) is 0 Å². The highest BCUT2D eigenvalue weighted by Crippen LogP contribution is 2.22. The minimum absolute atomic E-state index is 0. The van der Waals surface area contributed by atoms with Crippen molar-refractivity contribution < 1.29 is 9.53 Å². The summed E-state index contributed by atoms with van der Waals surface area (Å²) in [6.07, 6.45) is 5.18. The van der Waals surface area contributed by atoms with Gasteiger partial charge in [-0.1, -0.05) is 6.92 Å². The van der Waals surface area contributed by atoms with E-state index in [1.807, 2.05) is 0 Å². The highest BCUT2D eigenvalue weighted by atomic mass is 35.5. The minimum atomic E-state index is 0. The lowest BCUT2D eigenvalue weighted by Crippen LogP contribution is -2.35. The number of carbonyl (C=O) groups is 1. The first-order valence-electron chi connectivity index (χ1n) is 7.20. The lowest BCUT2D eigenvalue weighted by atomic mass is 9.85. The number of halogens is 1. The number of hydrogen-bond donors (Lipinski definition) is 2. The molecular weight excluding hydrogens is 264 g/mol. The van der Waals surface area contributed by atoms with Crippen LogP contribution in [0, 0.1) is 11.8 Å². The molecule has 1 fully saturated rings. The number of amides is 1. The molecule has 1 amide bonds. The lowest BCUT2D eigenvalue weighted by Gasteiger charge is -2.28. The van der Waals surface area contributed by atoms with Crippen molar-refractivity contribution in [3.05, 3.63) is 0 Å². The minimum Gasteiger partial charge on any atom is -0.385 e. The number of rotatable bonds is 8. The topological polar surface area (TPSA) is 50.4 Å². The zero-order chi connectivity index (χ0) is 13.2. The number of piperidine rings is 1. The van der Waals surface area contributed by atoms with E-state index in [-0.39, 0.29) is 18.3 Å². The Bertz CT molecular complexity index is 233. The molecule has 1 aliphatic heterocycles. The standard InChI is InChI=1S/C14H28N2O2.ClH/c1-12(13-6-5-7-15-11-13)10-14(17)16-8-3-4-9-18-2;/h12-13,15H,3-11H2,1-2H3,(H,16,17);1H. The van der Waals surface area contributed by atoms with Gasteiger partial charge in [0.1, 0.15) is 0 Å². The van der Waals surface area contributed by atoms with Gasteiger partial charge in [0.25, 0.3) is 0 Å². The Morgan fingerprint density at radius 1 is 1.47 bits per heavy atom. The zero-order valence-electron chi connectivity index (χ0n) is 12.2. The van der Waals surface area contributed by atoms with Gasteiger partial charge in [-0.15, -0.1) is 12.4 Å². The number of unbranched alkanes of at least 4 members (excludes halogenated alkanes) is 1. The molecule has 0 aliphatic carbocycles. The normalized spacial score (nSPS) is 20.4. The third-order valence-electron chi connectivity index (χ3n) is 3.74.